The molecule has 1 aliphatic rings. The number of nitrogens with zero attached hydrogens (tertiary/aromatic N) is 2. The van der Waals surface area contributed by atoms with Crippen molar-refractivity contribution in [3.8, 4) is 0 Å². The van der Waals surface area contributed by atoms with Crippen LogP contribution in [-0.4, -0.2) is 16.3 Å². The average molecular weight is 221 g/mol. The Morgan fingerprint density at radius 3 is 3.12 bits per heavy atom. The normalized spacial score (nSPS) is 22.3. The minimum absolute atomic E-state index is 0.531. The van der Waals surface area contributed by atoms with Crippen molar-refractivity contribution in [2.75, 3.05) is 6.54 Å². The molecule has 1 aliphatic heterocycles. The Hall–Kier alpha value is -0.830. The quantitative estimate of drug-likeness (QED) is 0.850. The van der Waals surface area contributed by atoms with Gasteiger partial charge < -0.3 is 5.32 Å². The van der Waals surface area contributed by atoms with E-state index in [1.807, 2.05) is 6.20 Å². The van der Waals surface area contributed by atoms with Crippen molar-refractivity contribution < 1.29 is 0 Å². The van der Waals surface area contributed by atoms with Gasteiger partial charge in [-0.1, -0.05) is 26.7 Å². The lowest BCUT2D eigenvalue weighted by Gasteiger charge is -2.13. The van der Waals surface area contributed by atoms with Crippen LogP contribution in [0.5, 0.6) is 0 Å². The molecule has 16 heavy (non-hydrogen) atoms. The fourth-order valence-corrected chi connectivity index (χ4v) is 2.35. The third-order valence-electron chi connectivity index (χ3n) is 3.17. The van der Waals surface area contributed by atoms with Crippen LogP contribution < -0.4 is 5.32 Å². The van der Waals surface area contributed by atoms with Crippen molar-refractivity contribution in [1.82, 2.24) is 15.1 Å². The Morgan fingerprint density at radius 2 is 2.31 bits per heavy atom. The van der Waals surface area contributed by atoms with Crippen molar-refractivity contribution in [1.29, 1.82) is 0 Å². The topological polar surface area (TPSA) is 29.9 Å². The maximum absolute atomic E-state index is 4.44. The molecule has 1 unspecified atom stereocenters. The van der Waals surface area contributed by atoms with Crippen LogP contribution in [0.1, 0.15) is 51.1 Å². The molecule has 0 spiro atoms. The van der Waals surface area contributed by atoms with E-state index in [0.29, 0.717) is 12.0 Å². The molecule has 0 amide bonds. The molecule has 2 rings (SSSR count). The van der Waals surface area contributed by atoms with Crippen LogP contribution in [-0.2, 0) is 6.54 Å². The van der Waals surface area contributed by atoms with E-state index >= 15 is 0 Å². The summed E-state index contributed by atoms with van der Waals surface area (Å²) in [4.78, 5) is 0. The lowest BCUT2D eigenvalue weighted by Crippen LogP contribution is -2.19. The van der Waals surface area contributed by atoms with Gasteiger partial charge in [0.2, 0.25) is 0 Å². The molecular formula is C13H23N3. The highest BCUT2D eigenvalue weighted by atomic mass is 15.3. The third kappa shape index (κ3) is 3.08. The van der Waals surface area contributed by atoms with Gasteiger partial charge in [0.1, 0.15) is 0 Å². The van der Waals surface area contributed by atoms with Gasteiger partial charge in [0, 0.05) is 24.3 Å². The van der Waals surface area contributed by atoms with E-state index in [1.54, 1.807) is 0 Å². The zero-order valence-electron chi connectivity index (χ0n) is 10.4. The van der Waals surface area contributed by atoms with Crippen LogP contribution in [0, 0.1) is 5.92 Å². The number of rotatable bonds is 3. The Morgan fingerprint density at radius 1 is 1.44 bits per heavy atom. The zero-order valence-corrected chi connectivity index (χ0v) is 10.4. The molecule has 1 aromatic rings. The van der Waals surface area contributed by atoms with Gasteiger partial charge >= 0.3 is 0 Å². The van der Waals surface area contributed by atoms with Gasteiger partial charge in [-0.05, 0) is 25.3 Å². The second-order valence-electron chi connectivity index (χ2n) is 5.25. The number of nitrogens with one attached hydrogen (secondary N) is 1. The van der Waals surface area contributed by atoms with Crippen LogP contribution in [0.25, 0.3) is 0 Å². The first kappa shape index (κ1) is 11.6. The zero-order chi connectivity index (χ0) is 11.4. The highest BCUT2D eigenvalue weighted by Gasteiger charge is 2.15. The Balaban J connectivity index is 1.99. The fraction of sp³-hybridized carbons (Fsp3) is 0.769. The van der Waals surface area contributed by atoms with E-state index < -0.39 is 0 Å². The summed E-state index contributed by atoms with van der Waals surface area (Å²) in [6.45, 7) is 6.63. The molecule has 1 saturated heterocycles. The van der Waals surface area contributed by atoms with Crippen LogP contribution in [0.15, 0.2) is 12.4 Å². The second kappa shape index (κ2) is 5.48. The predicted molar refractivity (Wildman–Crippen MR) is 66.3 cm³/mol. The highest BCUT2D eigenvalue weighted by Crippen LogP contribution is 2.22. The van der Waals surface area contributed by atoms with Crippen molar-refractivity contribution in [2.45, 2.75) is 52.1 Å². The molecule has 0 bridgehead atoms. The summed E-state index contributed by atoms with van der Waals surface area (Å²) in [6.07, 6.45) is 9.52. The van der Waals surface area contributed by atoms with Gasteiger partial charge in [-0.15, -0.1) is 0 Å². The minimum atomic E-state index is 0.531. The van der Waals surface area contributed by atoms with E-state index in [2.05, 4.69) is 35.1 Å². The lowest BCUT2D eigenvalue weighted by molar-refractivity contribution is 0.480. The lowest BCUT2D eigenvalue weighted by atomic mass is 10.1. The highest BCUT2D eigenvalue weighted by molar-refractivity contribution is 5.10. The average Bonchev–Trinajstić information content (AvgIpc) is 2.53. The van der Waals surface area contributed by atoms with Crippen molar-refractivity contribution in [3.63, 3.8) is 0 Å². The smallest absolute Gasteiger partial charge is 0.0537 e. The molecule has 90 valence electrons. The summed E-state index contributed by atoms with van der Waals surface area (Å²) >= 11 is 0. The number of hydrogen-bond donors (Lipinski definition) is 1. The van der Waals surface area contributed by atoms with Gasteiger partial charge in [0.15, 0.2) is 0 Å². The summed E-state index contributed by atoms with van der Waals surface area (Å²) < 4.78 is 2.08. The second-order valence-corrected chi connectivity index (χ2v) is 5.25. The molecule has 1 fully saturated rings. The van der Waals surface area contributed by atoms with Crippen LogP contribution in [0.4, 0.5) is 0 Å². The Kier molecular flexibility index (Phi) is 3.99. The SMILES string of the molecule is CC(C)Cn1cc(C2CCCCCN2)cn1. The number of hydrogen-bond acceptors (Lipinski definition) is 2. The maximum atomic E-state index is 4.44. The third-order valence-corrected chi connectivity index (χ3v) is 3.17. The van der Waals surface area contributed by atoms with Crippen molar-refractivity contribution in [3.05, 3.63) is 18.0 Å². The maximum Gasteiger partial charge on any atom is 0.0537 e. The van der Waals surface area contributed by atoms with Gasteiger partial charge in [0.25, 0.3) is 0 Å². The summed E-state index contributed by atoms with van der Waals surface area (Å²) in [5, 5.41) is 8.05. The van der Waals surface area contributed by atoms with E-state index in [0.717, 1.165) is 13.1 Å². The van der Waals surface area contributed by atoms with Gasteiger partial charge in [-0.25, -0.2) is 0 Å². The molecule has 0 saturated carbocycles. The van der Waals surface area contributed by atoms with E-state index in [1.165, 1.54) is 31.2 Å². The largest absolute Gasteiger partial charge is 0.310 e. The minimum Gasteiger partial charge on any atom is -0.310 e. The molecule has 3 nitrogen and oxygen atoms in total. The van der Waals surface area contributed by atoms with Gasteiger partial charge in [-0.2, -0.15) is 5.10 Å². The standard InChI is InChI=1S/C13H23N3/c1-11(2)9-16-10-12(8-15-16)13-6-4-3-5-7-14-13/h8,10-11,13-14H,3-7,9H2,1-2H3. The van der Waals surface area contributed by atoms with Crippen LogP contribution >= 0.6 is 0 Å². The molecule has 0 aliphatic carbocycles. The molecule has 1 atom stereocenters. The molecule has 1 N–H and O–H groups in total. The molecule has 1 aromatic heterocycles. The monoisotopic (exact) mass is 221 g/mol. The summed E-state index contributed by atoms with van der Waals surface area (Å²) in [5.41, 5.74) is 1.36. The fourth-order valence-electron chi connectivity index (χ4n) is 2.35. The van der Waals surface area contributed by atoms with Crippen molar-refractivity contribution in [2.24, 2.45) is 5.92 Å². The first-order chi connectivity index (χ1) is 7.75. The van der Waals surface area contributed by atoms with E-state index in [4.69, 9.17) is 0 Å². The molecule has 3 heteroatoms. The summed E-state index contributed by atoms with van der Waals surface area (Å²) in [7, 11) is 0. The van der Waals surface area contributed by atoms with E-state index in [-0.39, 0.29) is 0 Å². The van der Waals surface area contributed by atoms with Crippen LogP contribution in [0.2, 0.25) is 0 Å². The van der Waals surface area contributed by atoms with Crippen LogP contribution in [0.3, 0.4) is 0 Å². The van der Waals surface area contributed by atoms with Gasteiger partial charge in [-0.3, -0.25) is 4.68 Å². The number of aromatic nitrogens is 2. The summed E-state index contributed by atoms with van der Waals surface area (Å²) in [5.74, 6) is 0.662. The first-order valence-corrected chi connectivity index (χ1v) is 6.51. The molecule has 0 radical (unpaired) electrons. The van der Waals surface area contributed by atoms with Gasteiger partial charge in [0.05, 0.1) is 6.20 Å². The van der Waals surface area contributed by atoms with E-state index in [9.17, 15) is 0 Å². The molecule has 0 aromatic carbocycles. The molecular weight excluding hydrogens is 198 g/mol. The van der Waals surface area contributed by atoms with Crippen molar-refractivity contribution >= 4 is 0 Å². The molecule has 2 heterocycles. The summed E-state index contributed by atoms with van der Waals surface area (Å²) in [6, 6.07) is 0.531. The Labute approximate surface area is 98.2 Å². The first-order valence-electron chi connectivity index (χ1n) is 6.51. The predicted octanol–water partition coefficient (Wildman–Crippen LogP) is 2.74. The Bertz CT molecular complexity index is 309.